The molecule has 2 heterocycles. The summed E-state index contributed by atoms with van der Waals surface area (Å²) in [6, 6.07) is 5.49. The lowest BCUT2D eigenvalue weighted by Gasteiger charge is -2.20. The van der Waals surface area contributed by atoms with Crippen molar-refractivity contribution in [3.63, 3.8) is 0 Å². The first-order valence-corrected chi connectivity index (χ1v) is 8.50. The first-order valence-electron chi connectivity index (χ1n) is 8.50. The van der Waals surface area contributed by atoms with Crippen molar-refractivity contribution < 1.29 is 14.0 Å². The first kappa shape index (κ1) is 18.7. The molecule has 0 aliphatic heterocycles. The molecule has 2 N–H and O–H groups in total. The second-order valence-corrected chi connectivity index (χ2v) is 6.34. The van der Waals surface area contributed by atoms with E-state index in [9.17, 15) is 9.59 Å². The van der Waals surface area contributed by atoms with Gasteiger partial charge in [0.25, 0.3) is 5.91 Å². The SMILES string of the molecule is Cc1ccoc1C(=O)NCCCNC(=O)[C@H](c1ccncc1)C(C)C. The monoisotopic (exact) mass is 343 g/mol. The molecular weight excluding hydrogens is 318 g/mol. The summed E-state index contributed by atoms with van der Waals surface area (Å²) in [6.45, 7) is 6.85. The quantitative estimate of drug-likeness (QED) is 0.722. The van der Waals surface area contributed by atoms with Crippen molar-refractivity contribution >= 4 is 11.8 Å². The van der Waals surface area contributed by atoms with E-state index in [1.165, 1.54) is 6.26 Å². The van der Waals surface area contributed by atoms with Crippen LogP contribution in [0.4, 0.5) is 0 Å². The van der Waals surface area contributed by atoms with Crippen molar-refractivity contribution in [3.05, 3.63) is 53.7 Å². The van der Waals surface area contributed by atoms with Crippen molar-refractivity contribution in [2.75, 3.05) is 13.1 Å². The van der Waals surface area contributed by atoms with Gasteiger partial charge in [-0.25, -0.2) is 0 Å². The van der Waals surface area contributed by atoms with Crippen LogP contribution < -0.4 is 10.6 Å². The molecule has 0 bridgehead atoms. The Morgan fingerprint density at radius 2 is 1.80 bits per heavy atom. The van der Waals surface area contributed by atoms with Crippen LogP contribution in [0, 0.1) is 12.8 Å². The van der Waals surface area contributed by atoms with E-state index >= 15 is 0 Å². The molecule has 6 nitrogen and oxygen atoms in total. The van der Waals surface area contributed by atoms with E-state index in [-0.39, 0.29) is 23.7 Å². The number of aryl methyl sites for hydroxylation is 1. The molecule has 0 aliphatic rings. The summed E-state index contributed by atoms with van der Waals surface area (Å²) < 4.78 is 5.14. The third-order valence-corrected chi connectivity index (χ3v) is 4.02. The Bertz CT molecular complexity index is 695. The summed E-state index contributed by atoms with van der Waals surface area (Å²) >= 11 is 0. The molecule has 2 rings (SSSR count). The van der Waals surface area contributed by atoms with Gasteiger partial charge in [-0.3, -0.25) is 14.6 Å². The summed E-state index contributed by atoms with van der Waals surface area (Å²) in [5.74, 6) is 0.0778. The van der Waals surface area contributed by atoms with E-state index in [1.807, 2.05) is 32.9 Å². The van der Waals surface area contributed by atoms with Gasteiger partial charge in [-0.2, -0.15) is 0 Å². The molecule has 0 saturated carbocycles. The fraction of sp³-hybridized carbons (Fsp3) is 0.421. The molecule has 6 heteroatoms. The Labute approximate surface area is 148 Å². The van der Waals surface area contributed by atoms with Crippen LogP contribution in [0.5, 0.6) is 0 Å². The maximum absolute atomic E-state index is 12.5. The van der Waals surface area contributed by atoms with Gasteiger partial charge in [0.1, 0.15) is 0 Å². The number of carbonyl (C=O) groups excluding carboxylic acids is 2. The van der Waals surface area contributed by atoms with Gasteiger partial charge in [-0.15, -0.1) is 0 Å². The minimum absolute atomic E-state index is 0.00518. The molecule has 25 heavy (non-hydrogen) atoms. The average Bonchev–Trinajstić information content (AvgIpc) is 3.01. The molecule has 0 fully saturated rings. The van der Waals surface area contributed by atoms with Crippen molar-refractivity contribution in [1.29, 1.82) is 0 Å². The van der Waals surface area contributed by atoms with Crippen molar-refractivity contribution in [3.8, 4) is 0 Å². The number of hydrogen-bond acceptors (Lipinski definition) is 4. The minimum atomic E-state index is -0.231. The number of aromatic nitrogens is 1. The maximum Gasteiger partial charge on any atom is 0.287 e. The van der Waals surface area contributed by atoms with Crippen molar-refractivity contribution in [2.24, 2.45) is 5.92 Å². The van der Waals surface area contributed by atoms with Crippen molar-refractivity contribution in [2.45, 2.75) is 33.1 Å². The smallest absolute Gasteiger partial charge is 0.287 e. The molecule has 2 aromatic heterocycles. The fourth-order valence-corrected chi connectivity index (χ4v) is 2.71. The first-order chi connectivity index (χ1) is 12.0. The lowest BCUT2D eigenvalue weighted by atomic mass is 9.88. The molecule has 2 amide bonds. The van der Waals surface area contributed by atoms with Crippen LogP contribution in [0.2, 0.25) is 0 Å². The molecule has 0 spiro atoms. The Kier molecular flexibility index (Phi) is 6.74. The summed E-state index contributed by atoms with van der Waals surface area (Å²) in [4.78, 5) is 28.4. The number of nitrogens with one attached hydrogen (secondary N) is 2. The second-order valence-electron chi connectivity index (χ2n) is 6.34. The summed E-state index contributed by atoms with van der Waals surface area (Å²) in [7, 11) is 0. The normalized spacial score (nSPS) is 12.0. The van der Waals surface area contributed by atoms with Crippen LogP contribution in [0.15, 0.2) is 41.3 Å². The van der Waals surface area contributed by atoms with E-state index in [0.717, 1.165) is 11.1 Å². The Hall–Kier alpha value is -2.63. The van der Waals surface area contributed by atoms with Crippen LogP contribution in [0.25, 0.3) is 0 Å². The number of carbonyl (C=O) groups is 2. The van der Waals surface area contributed by atoms with E-state index in [2.05, 4.69) is 15.6 Å². The zero-order valence-electron chi connectivity index (χ0n) is 14.9. The summed E-state index contributed by atoms with van der Waals surface area (Å²) in [6.07, 6.45) is 5.54. The van der Waals surface area contributed by atoms with Gasteiger partial charge in [0.2, 0.25) is 5.91 Å². The van der Waals surface area contributed by atoms with Gasteiger partial charge in [0, 0.05) is 31.0 Å². The molecule has 2 aromatic rings. The van der Waals surface area contributed by atoms with Crippen LogP contribution >= 0.6 is 0 Å². The van der Waals surface area contributed by atoms with Gasteiger partial charge < -0.3 is 15.1 Å². The largest absolute Gasteiger partial charge is 0.459 e. The third-order valence-electron chi connectivity index (χ3n) is 4.02. The highest BCUT2D eigenvalue weighted by molar-refractivity contribution is 5.92. The maximum atomic E-state index is 12.5. The highest BCUT2D eigenvalue weighted by Gasteiger charge is 2.23. The van der Waals surface area contributed by atoms with E-state index in [4.69, 9.17) is 4.42 Å². The standard InChI is InChI=1S/C19H25N3O3/c1-13(2)16(15-5-10-20-11-6-15)18(23)21-8-4-9-22-19(24)17-14(3)7-12-25-17/h5-7,10-13,16H,4,8-9H2,1-3H3,(H,21,23)(H,22,24)/t16-/m0/s1. The van der Waals surface area contributed by atoms with E-state index in [1.54, 1.807) is 18.5 Å². The van der Waals surface area contributed by atoms with E-state index < -0.39 is 0 Å². The second kappa shape index (κ2) is 9.01. The highest BCUT2D eigenvalue weighted by Crippen LogP contribution is 2.23. The number of rotatable bonds is 8. The lowest BCUT2D eigenvalue weighted by molar-refractivity contribution is -0.123. The summed E-state index contributed by atoms with van der Waals surface area (Å²) in [5, 5.41) is 5.74. The topological polar surface area (TPSA) is 84.2 Å². The average molecular weight is 343 g/mol. The van der Waals surface area contributed by atoms with Crippen LogP contribution in [0.3, 0.4) is 0 Å². The molecule has 0 radical (unpaired) electrons. The Morgan fingerprint density at radius 1 is 1.12 bits per heavy atom. The number of amides is 2. The Morgan fingerprint density at radius 3 is 2.40 bits per heavy atom. The van der Waals surface area contributed by atoms with Gasteiger partial charge in [0.05, 0.1) is 12.2 Å². The van der Waals surface area contributed by atoms with Gasteiger partial charge >= 0.3 is 0 Å². The van der Waals surface area contributed by atoms with Crippen LogP contribution in [-0.4, -0.2) is 29.9 Å². The zero-order valence-corrected chi connectivity index (χ0v) is 14.9. The third kappa shape index (κ3) is 5.17. The molecular formula is C19H25N3O3. The van der Waals surface area contributed by atoms with Gasteiger partial charge in [0.15, 0.2) is 5.76 Å². The van der Waals surface area contributed by atoms with Gasteiger partial charge in [-0.1, -0.05) is 13.8 Å². The van der Waals surface area contributed by atoms with Gasteiger partial charge in [-0.05, 0) is 43.0 Å². The number of hydrogen-bond donors (Lipinski definition) is 2. The molecule has 1 atom stereocenters. The Balaban J connectivity index is 1.76. The van der Waals surface area contributed by atoms with E-state index in [0.29, 0.717) is 25.3 Å². The zero-order chi connectivity index (χ0) is 18.2. The van der Waals surface area contributed by atoms with Crippen molar-refractivity contribution in [1.82, 2.24) is 15.6 Å². The molecule has 0 unspecified atom stereocenters. The molecule has 0 saturated heterocycles. The predicted molar refractivity (Wildman–Crippen MR) is 95.2 cm³/mol. The lowest BCUT2D eigenvalue weighted by Crippen LogP contribution is -2.34. The minimum Gasteiger partial charge on any atom is -0.459 e. The van der Waals surface area contributed by atoms with Crippen LogP contribution in [0.1, 0.15) is 47.9 Å². The number of furan rings is 1. The summed E-state index contributed by atoms with van der Waals surface area (Å²) in [5.41, 5.74) is 1.77. The molecule has 134 valence electrons. The highest BCUT2D eigenvalue weighted by atomic mass is 16.3. The predicted octanol–water partition coefficient (Wildman–Crippen LogP) is 2.66. The number of nitrogens with zero attached hydrogens (tertiary/aromatic N) is 1. The fourth-order valence-electron chi connectivity index (χ4n) is 2.71. The molecule has 0 aromatic carbocycles. The molecule has 0 aliphatic carbocycles. The van der Waals surface area contributed by atoms with Crippen LogP contribution in [-0.2, 0) is 4.79 Å². The number of pyridine rings is 1.